The van der Waals surface area contributed by atoms with Gasteiger partial charge in [0.2, 0.25) is 11.8 Å². The summed E-state index contributed by atoms with van der Waals surface area (Å²) in [5.41, 5.74) is -2.16. The molecule has 3 atom stereocenters. The number of fused-ring (bicyclic) bond motifs is 2. The molecule has 2 fully saturated rings. The first-order valence-electron chi connectivity index (χ1n) is 7.17. The van der Waals surface area contributed by atoms with Crippen LogP contribution in [0, 0.1) is 16.2 Å². The summed E-state index contributed by atoms with van der Waals surface area (Å²) in [6, 6.07) is 0. The number of carbonyl (C=O) groups excluding carboxylic acids is 3. The SMILES string of the molecule is CSCCOC(=O)C1(C)C[C@@]2(C)C[C@@](C)(C1)C(=O)NC2=O. The molecule has 1 heterocycles. The second kappa shape index (κ2) is 5.30. The predicted molar refractivity (Wildman–Crippen MR) is 80.7 cm³/mol. The highest BCUT2D eigenvalue weighted by atomic mass is 32.2. The molecule has 2 bridgehead atoms. The van der Waals surface area contributed by atoms with E-state index in [1.807, 2.05) is 27.0 Å². The minimum absolute atomic E-state index is 0.271. The summed E-state index contributed by atoms with van der Waals surface area (Å²) >= 11 is 1.61. The summed E-state index contributed by atoms with van der Waals surface area (Å²) in [6.45, 7) is 5.85. The number of amides is 2. The van der Waals surface area contributed by atoms with Crippen molar-refractivity contribution in [3.63, 3.8) is 0 Å². The Kier molecular flexibility index (Phi) is 4.12. The van der Waals surface area contributed by atoms with Crippen molar-refractivity contribution in [1.29, 1.82) is 0 Å². The van der Waals surface area contributed by atoms with E-state index in [2.05, 4.69) is 5.32 Å². The molecule has 1 N–H and O–H groups in total. The quantitative estimate of drug-likeness (QED) is 0.486. The number of hydrogen-bond donors (Lipinski definition) is 1. The maximum absolute atomic E-state index is 12.4. The highest BCUT2D eigenvalue weighted by molar-refractivity contribution is 7.98. The van der Waals surface area contributed by atoms with Crippen molar-refractivity contribution < 1.29 is 19.1 Å². The second-order valence-corrected chi connectivity index (χ2v) is 8.11. The minimum atomic E-state index is -0.784. The number of carbonyl (C=O) groups is 3. The van der Waals surface area contributed by atoms with Crippen LogP contribution in [0.2, 0.25) is 0 Å². The molecule has 6 heteroatoms. The molecule has 1 unspecified atom stereocenters. The van der Waals surface area contributed by atoms with E-state index in [-0.39, 0.29) is 17.8 Å². The van der Waals surface area contributed by atoms with E-state index in [0.717, 1.165) is 5.75 Å². The van der Waals surface area contributed by atoms with Gasteiger partial charge in [-0.3, -0.25) is 19.7 Å². The molecule has 0 aromatic rings. The zero-order chi connectivity index (χ0) is 15.9. The van der Waals surface area contributed by atoms with Crippen LogP contribution < -0.4 is 5.32 Å². The van der Waals surface area contributed by atoms with Gasteiger partial charge in [-0.15, -0.1) is 0 Å². The van der Waals surface area contributed by atoms with Crippen molar-refractivity contribution >= 4 is 29.5 Å². The zero-order valence-electron chi connectivity index (χ0n) is 13.1. The number of piperidine rings is 1. The van der Waals surface area contributed by atoms with Crippen molar-refractivity contribution in [1.82, 2.24) is 5.32 Å². The number of ether oxygens (including phenoxy) is 1. The van der Waals surface area contributed by atoms with E-state index in [4.69, 9.17) is 4.74 Å². The number of rotatable bonds is 4. The lowest BCUT2D eigenvalue weighted by atomic mass is 9.52. The number of thioether (sulfide) groups is 1. The van der Waals surface area contributed by atoms with Crippen LogP contribution in [0.25, 0.3) is 0 Å². The molecule has 1 saturated heterocycles. The number of nitrogens with one attached hydrogen (secondary N) is 1. The van der Waals surface area contributed by atoms with Crippen LogP contribution in [0.15, 0.2) is 0 Å². The number of esters is 1. The molecular weight excluding hydrogens is 290 g/mol. The van der Waals surface area contributed by atoms with Gasteiger partial charge in [-0.2, -0.15) is 11.8 Å². The largest absolute Gasteiger partial charge is 0.464 e. The van der Waals surface area contributed by atoms with Gasteiger partial charge in [-0.05, 0) is 32.4 Å². The summed E-state index contributed by atoms with van der Waals surface area (Å²) in [6.07, 6.45) is 3.30. The van der Waals surface area contributed by atoms with Crippen LogP contribution in [0.1, 0.15) is 40.0 Å². The van der Waals surface area contributed by atoms with Crippen LogP contribution >= 0.6 is 11.8 Å². The summed E-state index contributed by atoms with van der Waals surface area (Å²) in [5, 5.41) is 2.46. The van der Waals surface area contributed by atoms with Crippen molar-refractivity contribution in [3.8, 4) is 0 Å². The average molecular weight is 313 g/mol. The summed E-state index contributed by atoms with van der Waals surface area (Å²) < 4.78 is 5.35. The normalized spacial score (nSPS) is 38.9. The van der Waals surface area contributed by atoms with Gasteiger partial charge in [0, 0.05) is 16.6 Å². The van der Waals surface area contributed by atoms with E-state index >= 15 is 0 Å². The van der Waals surface area contributed by atoms with Gasteiger partial charge in [-0.1, -0.05) is 13.8 Å². The van der Waals surface area contributed by atoms with Crippen molar-refractivity contribution in [2.45, 2.75) is 40.0 Å². The summed E-state index contributed by atoms with van der Waals surface area (Å²) in [4.78, 5) is 36.8. The molecule has 1 saturated carbocycles. The lowest BCUT2D eigenvalue weighted by Gasteiger charge is -2.52. The zero-order valence-corrected chi connectivity index (χ0v) is 13.9. The van der Waals surface area contributed by atoms with Crippen LogP contribution in [-0.4, -0.2) is 36.4 Å². The molecule has 21 heavy (non-hydrogen) atoms. The first-order chi connectivity index (χ1) is 9.65. The van der Waals surface area contributed by atoms with Gasteiger partial charge < -0.3 is 4.74 Å². The molecule has 0 aromatic carbocycles. The van der Waals surface area contributed by atoms with Crippen molar-refractivity contribution in [2.75, 3.05) is 18.6 Å². The lowest BCUT2D eigenvalue weighted by molar-refractivity contribution is -0.174. The van der Waals surface area contributed by atoms with Crippen molar-refractivity contribution in [2.24, 2.45) is 16.2 Å². The third-order valence-electron chi connectivity index (χ3n) is 4.68. The predicted octanol–water partition coefficient (Wildman–Crippen LogP) is 1.75. The number of hydrogen-bond acceptors (Lipinski definition) is 5. The lowest BCUT2D eigenvalue weighted by Crippen LogP contribution is -2.63. The monoisotopic (exact) mass is 313 g/mol. The summed E-state index contributed by atoms with van der Waals surface area (Å²) in [7, 11) is 0. The van der Waals surface area contributed by atoms with Gasteiger partial charge >= 0.3 is 5.97 Å². The first kappa shape index (κ1) is 16.3. The van der Waals surface area contributed by atoms with E-state index < -0.39 is 16.2 Å². The Labute approximate surface area is 129 Å². The summed E-state index contributed by atoms with van der Waals surface area (Å²) in [5.74, 6) is -0.0905. The molecule has 5 nitrogen and oxygen atoms in total. The van der Waals surface area contributed by atoms with Crippen LogP contribution in [0.3, 0.4) is 0 Å². The van der Waals surface area contributed by atoms with Gasteiger partial charge in [-0.25, -0.2) is 0 Å². The number of imide groups is 1. The second-order valence-electron chi connectivity index (χ2n) is 7.12. The standard InChI is InChI=1S/C15H23NO4S/c1-13-7-14(2,11(18)16-10(13)17)9-15(3,8-13)12(19)20-5-6-21-4/h5-9H2,1-4H3,(H,16,17,18)/t13-,14+,15?. The average Bonchev–Trinajstić information content (AvgIpc) is 2.36. The van der Waals surface area contributed by atoms with Gasteiger partial charge in [0.25, 0.3) is 0 Å². The van der Waals surface area contributed by atoms with Crippen LogP contribution in [0.5, 0.6) is 0 Å². The fourth-order valence-corrected chi connectivity index (χ4v) is 4.28. The van der Waals surface area contributed by atoms with E-state index in [0.29, 0.717) is 25.9 Å². The van der Waals surface area contributed by atoms with Crippen LogP contribution in [0.4, 0.5) is 0 Å². The molecule has 1 aliphatic heterocycles. The highest BCUT2D eigenvalue weighted by Gasteiger charge is 2.61. The third-order valence-corrected chi connectivity index (χ3v) is 5.25. The highest BCUT2D eigenvalue weighted by Crippen LogP contribution is 2.56. The Morgan fingerprint density at radius 3 is 2.14 bits per heavy atom. The topological polar surface area (TPSA) is 72.5 Å². The maximum Gasteiger partial charge on any atom is 0.311 e. The fourth-order valence-electron chi connectivity index (χ4n) is 4.03. The maximum atomic E-state index is 12.4. The molecule has 2 amide bonds. The third kappa shape index (κ3) is 2.82. The Hall–Kier alpha value is -1.04. The van der Waals surface area contributed by atoms with Crippen molar-refractivity contribution in [3.05, 3.63) is 0 Å². The Morgan fingerprint density at radius 2 is 1.67 bits per heavy atom. The Bertz CT molecular complexity index is 464. The van der Waals surface area contributed by atoms with Gasteiger partial charge in [0.05, 0.1) is 5.41 Å². The molecule has 1 aliphatic carbocycles. The Balaban J connectivity index is 2.24. The molecule has 0 radical (unpaired) electrons. The van der Waals surface area contributed by atoms with Gasteiger partial charge in [0.15, 0.2) is 0 Å². The molecule has 2 aliphatic rings. The fraction of sp³-hybridized carbons (Fsp3) is 0.800. The van der Waals surface area contributed by atoms with Gasteiger partial charge in [0.1, 0.15) is 6.61 Å². The molecule has 2 rings (SSSR count). The van der Waals surface area contributed by atoms with E-state index in [9.17, 15) is 14.4 Å². The molecule has 0 aromatic heterocycles. The van der Waals surface area contributed by atoms with E-state index in [1.165, 1.54) is 0 Å². The smallest absolute Gasteiger partial charge is 0.311 e. The molecule has 118 valence electrons. The minimum Gasteiger partial charge on any atom is -0.464 e. The molecular formula is C15H23NO4S. The van der Waals surface area contributed by atoms with Crippen LogP contribution in [-0.2, 0) is 19.1 Å². The molecule has 0 spiro atoms. The Morgan fingerprint density at radius 1 is 1.14 bits per heavy atom. The van der Waals surface area contributed by atoms with E-state index in [1.54, 1.807) is 11.8 Å². The first-order valence-corrected chi connectivity index (χ1v) is 8.57.